The number of benzene rings is 2. The van der Waals surface area contributed by atoms with Crippen molar-refractivity contribution in [2.75, 3.05) is 25.1 Å². The van der Waals surface area contributed by atoms with Crippen LogP contribution in [0, 0.1) is 0 Å². The maximum Gasteiger partial charge on any atom is 0.253 e. The lowest BCUT2D eigenvalue weighted by Gasteiger charge is -2.13. The molecule has 2 aromatic carbocycles. The van der Waals surface area contributed by atoms with Gasteiger partial charge in [0, 0.05) is 26.2 Å². The van der Waals surface area contributed by atoms with Crippen molar-refractivity contribution in [1.82, 2.24) is 4.90 Å². The van der Waals surface area contributed by atoms with Gasteiger partial charge in [0.2, 0.25) is 0 Å². The second-order valence-electron chi connectivity index (χ2n) is 4.84. The molecule has 3 N–H and O–H groups in total. The minimum atomic E-state index is -0.0497. The van der Waals surface area contributed by atoms with Crippen molar-refractivity contribution in [3.8, 4) is 0 Å². The van der Waals surface area contributed by atoms with Crippen LogP contribution in [0.5, 0.6) is 0 Å². The Kier molecular flexibility index (Phi) is 4.25. The fourth-order valence-corrected chi connectivity index (χ4v) is 1.91. The Morgan fingerprint density at radius 3 is 2.45 bits per heavy atom. The average molecular weight is 269 g/mol. The Balaban J connectivity index is 2.08. The SMILES string of the molecule is CN(C)C(=O)c1ccc(NCc2ccccc2)c(N)c1. The fraction of sp³-hybridized carbons (Fsp3) is 0.188. The van der Waals surface area contributed by atoms with Gasteiger partial charge >= 0.3 is 0 Å². The van der Waals surface area contributed by atoms with Crippen LogP contribution in [-0.2, 0) is 6.54 Å². The van der Waals surface area contributed by atoms with Gasteiger partial charge in [-0.25, -0.2) is 0 Å². The highest BCUT2D eigenvalue weighted by Crippen LogP contribution is 2.21. The van der Waals surface area contributed by atoms with Gasteiger partial charge in [-0.05, 0) is 23.8 Å². The first-order valence-corrected chi connectivity index (χ1v) is 6.47. The number of hydrogen-bond donors (Lipinski definition) is 2. The lowest BCUT2D eigenvalue weighted by Crippen LogP contribution is -2.21. The number of nitrogen functional groups attached to an aromatic ring is 1. The van der Waals surface area contributed by atoms with E-state index in [-0.39, 0.29) is 5.91 Å². The fourth-order valence-electron chi connectivity index (χ4n) is 1.91. The van der Waals surface area contributed by atoms with Crippen LogP contribution in [0.25, 0.3) is 0 Å². The number of nitrogens with two attached hydrogens (primary N) is 1. The zero-order valence-corrected chi connectivity index (χ0v) is 11.8. The van der Waals surface area contributed by atoms with E-state index in [0.29, 0.717) is 17.8 Å². The third-order valence-corrected chi connectivity index (χ3v) is 3.03. The molecule has 0 spiro atoms. The van der Waals surface area contributed by atoms with E-state index in [4.69, 9.17) is 5.73 Å². The van der Waals surface area contributed by atoms with Crippen molar-refractivity contribution in [2.24, 2.45) is 0 Å². The number of rotatable bonds is 4. The van der Waals surface area contributed by atoms with Crippen LogP contribution in [0.15, 0.2) is 48.5 Å². The molecule has 0 saturated heterocycles. The summed E-state index contributed by atoms with van der Waals surface area (Å²) in [6, 6.07) is 15.4. The van der Waals surface area contributed by atoms with E-state index < -0.39 is 0 Å². The summed E-state index contributed by atoms with van der Waals surface area (Å²) < 4.78 is 0. The molecule has 2 aromatic rings. The Morgan fingerprint density at radius 1 is 1.15 bits per heavy atom. The quantitative estimate of drug-likeness (QED) is 0.839. The molecule has 0 bridgehead atoms. The summed E-state index contributed by atoms with van der Waals surface area (Å²) in [5.74, 6) is -0.0497. The van der Waals surface area contributed by atoms with Crippen molar-refractivity contribution < 1.29 is 4.79 Å². The Bertz CT molecular complexity index is 594. The number of carbonyl (C=O) groups excluding carboxylic acids is 1. The first-order valence-electron chi connectivity index (χ1n) is 6.47. The molecule has 1 amide bonds. The van der Waals surface area contributed by atoms with Gasteiger partial charge in [0.25, 0.3) is 5.91 Å². The van der Waals surface area contributed by atoms with E-state index in [0.717, 1.165) is 5.69 Å². The zero-order valence-electron chi connectivity index (χ0n) is 11.8. The highest BCUT2D eigenvalue weighted by molar-refractivity contribution is 5.95. The molecule has 4 nitrogen and oxygen atoms in total. The Hall–Kier alpha value is -2.49. The van der Waals surface area contributed by atoms with Crippen LogP contribution < -0.4 is 11.1 Å². The van der Waals surface area contributed by atoms with E-state index in [1.54, 1.807) is 26.2 Å². The van der Waals surface area contributed by atoms with Crippen LogP contribution in [0.3, 0.4) is 0 Å². The summed E-state index contributed by atoms with van der Waals surface area (Å²) in [5, 5.41) is 3.27. The van der Waals surface area contributed by atoms with Crippen molar-refractivity contribution >= 4 is 17.3 Å². The van der Waals surface area contributed by atoms with Gasteiger partial charge in [0.1, 0.15) is 0 Å². The molecule has 0 unspecified atom stereocenters. The standard InChI is InChI=1S/C16H19N3O/c1-19(2)16(20)13-8-9-15(14(17)10-13)18-11-12-6-4-3-5-7-12/h3-10,18H,11,17H2,1-2H3. The Labute approximate surface area is 119 Å². The second-order valence-corrected chi connectivity index (χ2v) is 4.84. The van der Waals surface area contributed by atoms with Crippen LogP contribution in [0.1, 0.15) is 15.9 Å². The summed E-state index contributed by atoms with van der Waals surface area (Å²) in [6.07, 6.45) is 0. The van der Waals surface area contributed by atoms with Gasteiger partial charge < -0.3 is 16.0 Å². The number of amides is 1. The molecule has 0 radical (unpaired) electrons. The summed E-state index contributed by atoms with van der Waals surface area (Å²) in [4.78, 5) is 13.4. The third-order valence-electron chi connectivity index (χ3n) is 3.03. The summed E-state index contributed by atoms with van der Waals surface area (Å²) in [6.45, 7) is 0.700. The monoisotopic (exact) mass is 269 g/mol. The van der Waals surface area contributed by atoms with E-state index in [1.807, 2.05) is 36.4 Å². The molecule has 0 fully saturated rings. The minimum absolute atomic E-state index is 0.0497. The zero-order chi connectivity index (χ0) is 14.5. The second kappa shape index (κ2) is 6.10. The predicted octanol–water partition coefficient (Wildman–Crippen LogP) is 2.58. The van der Waals surface area contributed by atoms with Crippen LogP contribution in [0.2, 0.25) is 0 Å². The van der Waals surface area contributed by atoms with Gasteiger partial charge in [0.15, 0.2) is 0 Å². The van der Waals surface area contributed by atoms with E-state index in [1.165, 1.54) is 10.5 Å². The molecule has 0 aliphatic rings. The normalized spacial score (nSPS) is 10.1. The van der Waals surface area contributed by atoms with Crippen molar-refractivity contribution in [3.05, 3.63) is 59.7 Å². The number of carbonyl (C=O) groups is 1. The maximum atomic E-state index is 11.8. The molecule has 2 rings (SSSR count). The molecule has 0 aliphatic heterocycles. The van der Waals surface area contributed by atoms with Gasteiger partial charge in [-0.1, -0.05) is 30.3 Å². The minimum Gasteiger partial charge on any atom is -0.397 e. The summed E-state index contributed by atoms with van der Waals surface area (Å²) in [5.41, 5.74) is 9.18. The van der Waals surface area contributed by atoms with Gasteiger partial charge in [-0.2, -0.15) is 0 Å². The lowest BCUT2D eigenvalue weighted by atomic mass is 10.1. The van der Waals surface area contributed by atoms with Crippen LogP contribution in [0.4, 0.5) is 11.4 Å². The highest BCUT2D eigenvalue weighted by atomic mass is 16.2. The molecule has 20 heavy (non-hydrogen) atoms. The molecule has 0 aromatic heterocycles. The molecule has 4 heteroatoms. The number of hydrogen-bond acceptors (Lipinski definition) is 3. The van der Waals surface area contributed by atoms with Gasteiger partial charge in [-0.3, -0.25) is 4.79 Å². The van der Waals surface area contributed by atoms with E-state index >= 15 is 0 Å². The number of nitrogens with zero attached hydrogens (tertiary/aromatic N) is 1. The average Bonchev–Trinajstić information content (AvgIpc) is 2.46. The van der Waals surface area contributed by atoms with Crippen LogP contribution >= 0.6 is 0 Å². The molecule has 0 heterocycles. The number of anilines is 2. The van der Waals surface area contributed by atoms with E-state index in [9.17, 15) is 4.79 Å². The highest BCUT2D eigenvalue weighted by Gasteiger charge is 2.09. The largest absolute Gasteiger partial charge is 0.397 e. The first kappa shape index (κ1) is 13.9. The lowest BCUT2D eigenvalue weighted by molar-refractivity contribution is 0.0827. The molecular weight excluding hydrogens is 250 g/mol. The molecule has 0 aliphatic carbocycles. The maximum absolute atomic E-state index is 11.8. The molecule has 0 saturated carbocycles. The van der Waals surface area contributed by atoms with E-state index in [2.05, 4.69) is 5.32 Å². The topological polar surface area (TPSA) is 58.4 Å². The first-order chi connectivity index (χ1) is 9.58. The third kappa shape index (κ3) is 3.29. The van der Waals surface area contributed by atoms with Crippen LogP contribution in [-0.4, -0.2) is 24.9 Å². The number of nitrogens with one attached hydrogen (secondary N) is 1. The Morgan fingerprint density at radius 2 is 1.85 bits per heavy atom. The summed E-state index contributed by atoms with van der Waals surface area (Å²) in [7, 11) is 3.44. The molecule has 104 valence electrons. The van der Waals surface area contributed by atoms with Gasteiger partial charge in [0.05, 0.1) is 11.4 Å². The van der Waals surface area contributed by atoms with Crippen molar-refractivity contribution in [3.63, 3.8) is 0 Å². The van der Waals surface area contributed by atoms with Crippen molar-refractivity contribution in [1.29, 1.82) is 0 Å². The smallest absolute Gasteiger partial charge is 0.253 e. The van der Waals surface area contributed by atoms with Crippen molar-refractivity contribution in [2.45, 2.75) is 6.54 Å². The summed E-state index contributed by atoms with van der Waals surface area (Å²) >= 11 is 0. The predicted molar refractivity (Wildman–Crippen MR) is 82.6 cm³/mol. The van der Waals surface area contributed by atoms with Gasteiger partial charge in [-0.15, -0.1) is 0 Å². The molecular formula is C16H19N3O. The molecule has 0 atom stereocenters.